The molecule has 0 saturated carbocycles. The third-order valence-corrected chi connectivity index (χ3v) is 1.96. The van der Waals surface area contributed by atoms with E-state index in [1.807, 2.05) is 0 Å². The van der Waals surface area contributed by atoms with Gasteiger partial charge in [-0.05, 0) is 18.8 Å². The molecule has 0 N–H and O–H groups in total. The van der Waals surface area contributed by atoms with Crippen molar-refractivity contribution in [1.82, 2.24) is 0 Å². The number of allylic oxidation sites excluding steroid dienone is 1. The van der Waals surface area contributed by atoms with E-state index in [9.17, 15) is 0 Å². The van der Waals surface area contributed by atoms with Crippen LogP contribution < -0.4 is 0 Å². The van der Waals surface area contributed by atoms with E-state index in [-0.39, 0.29) is 6.10 Å². The Balaban J connectivity index is 2.21. The molecule has 0 radical (unpaired) electrons. The van der Waals surface area contributed by atoms with Crippen molar-refractivity contribution >= 4 is 0 Å². The quantitative estimate of drug-likeness (QED) is 0.459. The topological polar surface area (TPSA) is 18.5 Å². The summed E-state index contributed by atoms with van der Waals surface area (Å²) in [6.07, 6.45) is 6.98. The van der Waals surface area contributed by atoms with Gasteiger partial charge in [0.1, 0.15) is 6.79 Å². The molecule has 1 aliphatic carbocycles. The maximum absolute atomic E-state index is 5.37. The molecule has 0 amide bonds. The van der Waals surface area contributed by atoms with E-state index in [1.54, 1.807) is 7.11 Å². The van der Waals surface area contributed by atoms with E-state index in [1.165, 1.54) is 6.42 Å². The summed E-state index contributed by atoms with van der Waals surface area (Å²) < 4.78 is 10.2. The lowest BCUT2D eigenvalue weighted by Gasteiger charge is -2.19. The largest absolute Gasteiger partial charge is 0.359 e. The van der Waals surface area contributed by atoms with Gasteiger partial charge in [0.05, 0.1) is 6.10 Å². The van der Waals surface area contributed by atoms with Gasteiger partial charge in [-0.2, -0.15) is 0 Å². The lowest BCUT2D eigenvalue weighted by Crippen LogP contribution is -2.16. The van der Waals surface area contributed by atoms with Gasteiger partial charge in [0.2, 0.25) is 0 Å². The molecule has 0 fully saturated rings. The van der Waals surface area contributed by atoms with Crippen LogP contribution in [0.4, 0.5) is 0 Å². The summed E-state index contributed by atoms with van der Waals surface area (Å²) in [6, 6.07) is 0. The van der Waals surface area contributed by atoms with Crippen molar-refractivity contribution in [1.29, 1.82) is 0 Å². The Hall–Kier alpha value is -0.340. The molecule has 0 aromatic rings. The van der Waals surface area contributed by atoms with Crippen molar-refractivity contribution in [3.05, 3.63) is 12.2 Å². The molecule has 2 unspecified atom stereocenters. The zero-order chi connectivity index (χ0) is 8.10. The molecule has 2 heteroatoms. The van der Waals surface area contributed by atoms with Crippen LogP contribution in [0.25, 0.3) is 0 Å². The van der Waals surface area contributed by atoms with Crippen LogP contribution in [0.1, 0.15) is 19.8 Å². The Labute approximate surface area is 68.2 Å². The van der Waals surface area contributed by atoms with E-state index in [0.29, 0.717) is 6.79 Å². The minimum atomic E-state index is 0.283. The number of ether oxygens (including phenoxy) is 2. The van der Waals surface area contributed by atoms with Crippen LogP contribution >= 0.6 is 0 Å². The fourth-order valence-corrected chi connectivity index (χ4v) is 1.23. The second kappa shape index (κ2) is 4.52. The Morgan fingerprint density at radius 3 is 2.73 bits per heavy atom. The fraction of sp³-hybridized carbons (Fsp3) is 0.778. The van der Waals surface area contributed by atoms with Gasteiger partial charge < -0.3 is 9.47 Å². The molecule has 11 heavy (non-hydrogen) atoms. The van der Waals surface area contributed by atoms with Gasteiger partial charge >= 0.3 is 0 Å². The predicted octanol–water partition coefficient (Wildman–Crippen LogP) is 1.96. The Bertz CT molecular complexity index is 132. The van der Waals surface area contributed by atoms with Gasteiger partial charge in [-0.1, -0.05) is 19.1 Å². The van der Waals surface area contributed by atoms with E-state index < -0.39 is 0 Å². The molecule has 0 heterocycles. The van der Waals surface area contributed by atoms with Gasteiger partial charge in [-0.15, -0.1) is 0 Å². The van der Waals surface area contributed by atoms with Crippen molar-refractivity contribution < 1.29 is 9.47 Å². The summed E-state index contributed by atoms with van der Waals surface area (Å²) in [6.45, 7) is 2.63. The second-order valence-corrected chi connectivity index (χ2v) is 3.05. The van der Waals surface area contributed by atoms with Gasteiger partial charge in [0.25, 0.3) is 0 Å². The van der Waals surface area contributed by atoms with Crippen LogP contribution in [-0.4, -0.2) is 20.0 Å². The third kappa shape index (κ3) is 3.04. The highest BCUT2D eigenvalue weighted by molar-refractivity contribution is 4.97. The number of hydrogen-bond donors (Lipinski definition) is 0. The molecule has 1 rings (SSSR count). The Kier molecular flexibility index (Phi) is 3.60. The monoisotopic (exact) mass is 156 g/mol. The molecule has 0 aromatic carbocycles. The van der Waals surface area contributed by atoms with Gasteiger partial charge in [0, 0.05) is 7.11 Å². The maximum atomic E-state index is 5.37. The second-order valence-electron chi connectivity index (χ2n) is 3.05. The molecule has 0 saturated heterocycles. The van der Waals surface area contributed by atoms with Crippen LogP contribution in [0, 0.1) is 5.92 Å². The smallest absolute Gasteiger partial charge is 0.147 e. The summed E-state index contributed by atoms with van der Waals surface area (Å²) in [5.41, 5.74) is 0. The minimum Gasteiger partial charge on any atom is -0.359 e. The summed E-state index contributed by atoms with van der Waals surface area (Å²) in [4.78, 5) is 0. The van der Waals surface area contributed by atoms with E-state index >= 15 is 0 Å². The van der Waals surface area contributed by atoms with Crippen LogP contribution in [-0.2, 0) is 9.47 Å². The van der Waals surface area contributed by atoms with Crippen LogP contribution in [0.15, 0.2) is 12.2 Å². The summed E-state index contributed by atoms with van der Waals surface area (Å²) >= 11 is 0. The van der Waals surface area contributed by atoms with Crippen LogP contribution in [0.3, 0.4) is 0 Å². The highest BCUT2D eigenvalue weighted by atomic mass is 16.7. The number of rotatable bonds is 3. The maximum Gasteiger partial charge on any atom is 0.147 e. The van der Waals surface area contributed by atoms with Crippen molar-refractivity contribution in [2.75, 3.05) is 13.9 Å². The predicted molar refractivity (Wildman–Crippen MR) is 44.3 cm³/mol. The Morgan fingerprint density at radius 2 is 2.18 bits per heavy atom. The van der Waals surface area contributed by atoms with Crippen LogP contribution in [0.2, 0.25) is 0 Å². The number of methoxy groups -OCH3 is 1. The SMILES string of the molecule is COCOC1C=CC(C)CC1. The first kappa shape index (κ1) is 8.75. The lowest BCUT2D eigenvalue weighted by molar-refractivity contribution is -0.0600. The van der Waals surface area contributed by atoms with Crippen molar-refractivity contribution in [3.63, 3.8) is 0 Å². The van der Waals surface area contributed by atoms with E-state index in [4.69, 9.17) is 9.47 Å². The summed E-state index contributed by atoms with van der Waals surface area (Å²) in [7, 11) is 1.65. The highest BCUT2D eigenvalue weighted by Gasteiger charge is 2.11. The molecule has 64 valence electrons. The van der Waals surface area contributed by atoms with Gasteiger partial charge in [-0.25, -0.2) is 0 Å². The first-order chi connectivity index (χ1) is 5.33. The van der Waals surface area contributed by atoms with Crippen molar-refractivity contribution in [2.45, 2.75) is 25.9 Å². The van der Waals surface area contributed by atoms with Gasteiger partial charge in [-0.3, -0.25) is 0 Å². The van der Waals surface area contributed by atoms with Crippen molar-refractivity contribution in [2.24, 2.45) is 5.92 Å². The fourth-order valence-electron chi connectivity index (χ4n) is 1.23. The van der Waals surface area contributed by atoms with Crippen molar-refractivity contribution in [3.8, 4) is 0 Å². The number of hydrogen-bond acceptors (Lipinski definition) is 2. The first-order valence-corrected chi connectivity index (χ1v) is 4.12. The minimum absolute atomic E-state index is 0.283. The van der Waals surface area contributed by atoms with E-state index in [0.717, 1.165) is 12.3 Å². The van der Waals surface area contributed by atoms with Crippen LogP contribution in [0.5, 0.6) is 0 Å². The molecule has 1 aliphatic rings. The zero-order valence-corrected chi connectivity index (χ0v) is 7.25. The molecule has 0 spiro atoms. The average Bonchev–Trinajstić information content (AvgIpc) is 2.04. The summed E-state index contributed by atoms with van der Waals surface area (Å²) in [5.74, 6) is 0.720. The normalized spacial score (nSPS) is 30.7. The third-order valence-electron chi connectivity index (χ3n) is 1.96. The summed E-state index contributed by atoms with van der Waals surface area (Å²) in [5, 5.41) is 0. The molecular formula is C9H16O2. The van der Waals surface area contributed by atoms with E-state index in [2.05, 4.69) is 19.1 Å². The Morgan fingerprint density at radius 1 is 1.36 bits per heavy atom. The average molecular weight is 156 g/mol. The highest BCUT2D eigenvalue weighted by Crippen LogP contribution is 2.18. The molecule has 0 bridgehead atoms. The molecule has 0 aliphatic heterocycles. The molecular weight excluding hydrogens is 140 g/mol. The van der Waals surface area contributed by atoms with Gasteiger partial charge in [0.15, 0.2) is 0 Å². The standard InChI is InChI=1S/C9H16O2/c1-8-3-5-9(6-4-8)11-7-10-2/h3,5,8-9H,4,6-7H2,1-2H3. The lowest BCUT2D eigenvalue weighted by atomic mass is 9.96. The zero-order valence-electron chi connectivity index (χ0n) is 7.25. The molecule has 0 aromatic heterocycles. The molecule has 2 atom stereocenters. The molecule has 2 nitrogen and oxygen atoms in total. The first-order valence-electron chi connectivity index (χ1n) is 4.12.